The third-order valence-electron chi connectivity index (χ3n) is 7.58. The molecule has 40 heavy (non-hydrogen) atoms. The molecule has 5 nitrogen and oxygen atoms in total. The number of carbonyl (C=O) groups is 3. The van der Waals surface area contributed by atoms with Crippen molar-refractivity contribution < 1.29 is 14.4 Å². The summed E-state index contributed by atoms with van der Waals surface area (Å²) in [4.78, 5) is 44.5. The second kappa shape index (κ2) is 12.0. The Balaban J connectivity index is 1.77. The predicted molar refractivity (Wildman–Crippen MR) is 157 cm³/mol. The first-order valence-corrected chi connectivity index (χ1v) is 13.5. The molecule has 2 amide bonds. The van der Waals surface area contributed by atoms with Gasteiger partial charge in [0.15, 0.2) is 5.78 Å². The minimum Gasteiger partial charge on any atom is -0.351 e. The Morgan fingerprint density at radius 2 is 1.30 bits per heavy atom. The maximum atomic E-state index is 14.5. The second-order valence-corrected chi connectivity index (χ2v) is 10.1. The maximum Gasteiger partial charge on any atom is 0.255 e. The van der Waals surface area contributed by atoms with Gasteiger partial charge in [-0.25, -0.2) is 0 Å². The van der Waals surface area contributed by atoms with Crippen molar-refractivity contribution in [3.8, 4) is 0 Å². The fourth-order valence-electron chi connectivity index (χ4n) is 5.76. The molecule has 0 spiro atoms. The standard InChI is InChI=1S/C35H32N2O3/c1-3-23-36-34(39)32-29(25-13-7-4-8-14-25)30(33(38)27-17-11-6-12-18-27)31(26-15-9-5-10-16-26)37(32)35(40)28-21-19-24(2)20-22-28/h3-22,29-32H,1,23H2,2H3,(H,36,39). The highest BCUT2D eigenvalue weighted by Crippen LogP contribution is 2.51. The van der Waals surface area contributed by atoms with Gasteiger partial charge < -0.3 is 10.2 Å². The van der Waals surface area contributed by atoms with Gasteiger partial charge >= 0.3 is 0 Å². The van der Waals surface area contributed by atoms with Crippen LogP contribution in [0.3, 0.4) is 0 Å². The average Bonchev–Trinajstić information content (AvgIpc) is 3.37. The summed E-state index contributed by atoms with van der Waals surface area (Å²) in [6.07, 6.45) is 1.61. The van der Waals surface area contributed by atoms with Gasteiger partial charge in [-0.15, -0.1) is 6.58 Å². The smallest absolute Gasteiger partial charge is 0.255 e. The first-order valence-electron chi connectivity index (χ1n) is 13.5. The molecule has 4 unspecified atom stereocenters. The number of aryl methyl sites for hydroxylation is 1. The first-order chi connectivity index (χ1) is 19.5. The van der Waals surface area contributed by atoms with Gasteiger partial charge in [0.25, 0.3) is 5.91 Å². The Hall–Kier alpha value is -4.77. The lowest BCUT2D eigenvalue weighted by Gasteiger charge is -2.31. The first kappa shape index (κ1) is 26.8. The van der Waals surface area contributed by atoms with Crippen molar-refractivity contribution in [2.45, 2.75) is 24.9 Å². The fraction of sp³-hybridized carbons (Fsp3) is 0.171. The van der Waals surface area contributed by atoms with E-state index in [4.69, 9.17) is 0 Å². The molecule has 0 aromatic heterocycles. The van der Waals surface area contributed by atoms with Crippen molar-refractivity contribution in [2.75, 3.05) is 6.54 Å². The van der Waals surface area contributed by atoms with Crippen molar-refractivity contribution in [1.82, 2.24) is 10.2 Å². The van der Waals surface area contributed by atoms with E-state index in [0.29, 0.717) is 11.1 Å². The molecule has 1 heterocycles. The van der Waals surface area contributed by atoms with Gasteiger partial charge in [0.05, 0.1) is 12.0 Å². The third-order valence-corrected chi connectivity index (χ3v) is 7.58. The molecule has 4 atom stereocenters. The number of likely N-dealkylation sites (tertiary alicyclic amines) is 1. The van der Waals surface area contributed by atoms with Crippen molar-refractivity contribution in [2.24, 2.45) is 5.92 Å². The molecule has 5 rings (SSSR count). The molecular formula is C35H32N2O3. The van der Waals surface area contributed by atoms with E-state index in [1.807, 2.05) is 97.9 Å². The van der Waals surface area contributed by atoms with E-state index in [1.54, 1.807) is 35.2 Å². The van der Waals surface area contributed by atoms with Crippen LogP contribution in [-0.2, 0) is 4.79 Å². The fourth-order valence-corrected chi connectivity index (χ4v) is 5.76. The topological polar surface area (TPSA) is 66.5 Å². The van der Waals surface area contributed by atoms with Gasteiger partial charge in [0, 0.05) is 23.6 Å². The van der Waals surface area contributed by atoms with Crippen molar-refractivity contribution in [1.29, 1.82) is 0 Å². The van der Waals surface area contributed by atoms with Crippen molar-refractivity contribution in [3.05, 3.63) is 156 Å². The molecular weight excluding hydrogens is 496 g/mol. The highest BCUT2D eigenvalue weighted by atomic mass is 16.2. The zero-order chi connectivity index (χ0) is 28.1. The largest absolute Gasteiger partial charge is 0.351 e. The van der Waals surface area contributed by atoms with Crippen LogP contribution >= 0.6 is 0 Å². The number of benzene rings is 4. The summed E-state index contributed by atoms with van der Waals surface area (Å²) >= 11 is 0. The number of carbonyl (C=O) groups excluding carboxylic acids is 3. The second-order valence-electron chi connectivity index (χ2n) is 10.1. The summed E-state index contributed by atoms with van der Waals surface area (Å²) < 4.78 is 0. The van der Waals surface area contributed by atoms with Crippen LogP contribution in [0.1, 0.15) is 49.4 Å². The molecule has 0 bridgehead atoms. The summed E-state index contributed by atoms with van der Waals surface area (Å²) in [7, 11) is 0. The quantitative estimate of drug-likeness (QED) is 0.221. The number of nitrogens with zero attached hydrogens (tertiary/aromatic N) is 1. The van der Waals surface area contributed by atoms with Crippen LogP contribution in [0.5, 0.6) is 0 Å². The monoisotopic (exact) mass is 528 g/mol. The molecule has 4 aromatic carbocycles. The summed E-state index contributed by atoms with van der Waals surface area (Å²) in [5.74, 6) is -2.01. The van der Waals surface area contributed by atoms with Gasteiger partial charge in [0.1, 0.15) is 6.04 Å². The SMILES string of the molecule is C=CCNC(=O)C1C(c2ccccc2)C(C(=O)c2ccccc2)C(c2ccccc2)N1C(=O)c1ccc(C)cc1. The Morgan fingerprint density at radius 3 is 1.88 bits per heavy atom. The molecule has 1 aliphatic heterocycles. The van der Waals surface area contributed by atoms with Crippen LogP contribution in [0.4, 0.5) is 0 Å². The minimum atomic E-state index is -0.931. The molecule has 0 aliphatic carbocycles. The summed E-state index contributed by atoms with van der Waals surface area (Å²) in [6, 6.07) is 34.0. The van der Waals surface area contributed by atoms with E-state index in [0.717, 1.165) is 16.7 Å². The molecule has 4 aromatic rings. The van der Waals surface area contributed by atoms with E-state index in [-0.39, 0.29) is 24.1 Å². The number of hydrogen-bond acceptors (Lipinski definition) is 3. The third kappa shape index (κ3) is 5.23. The lowest BCUT2D eigenvalue weighted by molar-refractivity contribution is -0.125. The maximum absolute atomic E-state index is 14.5. The number of hydrogen-bond donors (Lipinski definition) is 1. The van der Waals surface area contributed by atoms with Crippen LogP contribution < -0.4 is 5.32 Å². The average molecular weight is 529 g/mol. The molecule has 5 heteroatoms. The van der Waals surface area contributed by atoms with Gasteiger partial charge in [-0.1, -0.05) is 115 Å². The number of Topliss-reactive ketones (excluding diaryl/α,β-unsaturated/α-hetero) is 1. The van der Waals surface area contributed by atoms with Gasteiger partial charge in [-0.3, -0.25) is 14.4 Å². The van der Waals surface area contributed by atoms with Crippen LogP contribution in [0.15, 0.2) is 128 Å². The zero-order valence-electron chi connectivity index (χ0n) is 22.4. The molecule has 1 aliphatic rings. The highest BCUT2D eigenvalue weighted by Gasteiger charge is 2.57. The lowest BCUT2D eigenvalue weighted by atomic mass is 9.76. The van der Waals surface area contributed by atoms with Crippen molar-refractivity contribution >= 4 is 17.6 Å². The Kier molecular flexibility index (Phi) is 8.02. The van der Waals surface area contributed by atoms with Crippen molar-refractivity contribution in [3.63, 3.8) is 0 Å². The molecule has 200 valence electrons. The summed E-state index contributed by atoms with van der Waals surface area (Å²) in [5.41, 5.74) is 3.67. The molecule has 1 fully saturated rings. The molecule has 0 saturated carbocycles. The minimum absolute atomic E-state index is 0.107. The zero-order valence-corrected chi connectivity index (χ0v) is 22.4. The Labute approximate surface area is 235 Å². The van der Waals surface area contributed by atoms with Crippen LogP contribution in [0.25, 0.3) is 0 Å². The number of amides is 2. The number of rotatable bonds is 8. The normalized spacial score (nSPS) is 20.1. The Morgan fingerprint density at radius 1 is 0.750 bits per heavy atom. The molecule has 1 N–H and O–H groups in total. The van der Waals surface area contributed by atoms with E-state index >= 15 is 0 Å². The molecule has 0 radical (unpaired) electrons. The number of nitrogens with one attached hydrogen (secondary N) is 1. The highest BCUT2D eigenvalue weighted by molar-refractivity contribution is 6.04. The van der Waals surface area contributed by atoms with E-state index < -0.39 is 23.9 Å². The number of ketones is 1. The summed E-state index contributed by atoms with van der Waals surface area (Å²) in [5, 5.41) is 2.93. The summed E-state index contributed by atoms with van der Waals surface area (Å²) in [6.45, 7) is 5.95. The van der Waals surface area contributed by atoms with E-state index in [1.165, 1.54) is 0 Å². The lowest BCUT2D eigenvalue weighted by Crippen LogP contribution is -2.48. The van der Waals surface area contributed by atoms with Crippen LogP contribution in [0, 0.1) is 12.8 Å². The Bertz CT molecular complexity index is 1480. The predicted octanol–water partition coefficient (Wildman–Crippen LogP) is 6.15. The van der Waals surface area contributed by atoms with Gasteiger partial charge in [-0.2, -0.15) is 0 Å². The molecule has 1 saturated heterocycles. The van der Waals surface area contributed by atoms with Gasteiger partial charge in [0.2, 0.25) is 5.91 Å². The van der Waals surface area contributed by atoms with Gasteiger partial charge in [-0.05, 0) is 30.2 Å². The van der Waals surface area contributed by atoms with Crippen LogP contribution in [0.2, 0.25) is 0 Å². The van der Waals surface area contributed by atoms with E-state index in [9.17, 15) is 14.4 Å². The van der Waals surface area contributed by atoms with Crippen LogP contribution in [-0.4, -0.2) is 35.1 Å². The van der Waals surface area contributed by atoms with E-state index in [2.05, 4.69) is 11.9 Å².